The van der Waals surface area contributed by atoms with Crippen molar-refractivity contribution < 1.29 is 14.3 Å². The molecule has 0 saturated heterocycles. The molecule has 3 rings (SSSR count). The number of hydrogen-bond donors (Lipinski definition) is 1. The molecule has 0 spiro atoms. The smallest absolute Gasteiger partial charge is 0.358 e. The number of aromatic nitrogens is 4. The summed E-state index contributed by atoms with van der Waals surface area (Å²) >= 11 is 0. The molecule has 0 aliphatic rings. The topological polar surface area (TPSA) is 80.9 Å². The van der Waals surface area contributed by atoms with Crippen LogP contribution in [-0.4, -0.2) is 31.1 Å². The van der Waals surface area contributed by atoms with Crippen molar-refractivity contribution in [2.24, 2.45) is 0 Å². The molecule has 1 aromatic carbocycles. The number of halogens is 1. The first-order valence-corrected chi connectivity index (χ1v) is 6.47. The summed E-state index contributed by atoms with van der Waals surface area (Å²) in [7, 11) is 0. The molecular formula is C15H11FN4O2. The van der Waals surface area contributed by atoms with E-state index in [0.717, 1.165) is 0 Å². The monoisotopic (exact) mass is 298 g/mol. The van der Waals surface area contributed by atoms with Crippen LogP contribution >= 0.6 is 0 Å². The van der Waals surface area contributed by atoms with Gasteiger partial charge in [0.2, 0.25) is 0 Å². The van der Waals surface area contributed by atoms with Gasteiger partial charge >= 0.3 is 5.97 Å². The Morgan fingerprint density at radius 1 is 1.23 bits per heavy atom. The third-order valence-electron chi connectivity index (χ3n) is 3.11. The van der Waals surface area contributed by atoms with E-state index >= 15 is 0 Å². The number of nitrogens with zero attached hydrogens (tertiary/aromatic N) is 4. The van der Waals surface area contributed by atoms with Crippen LogP contribution in [0.25, 0.3) is 11.3 Å². The van der Waals surface area contributed by atoms with Gasteiger partial charge in [-0.1, -0.05) is 17.3 Å². The van der Waals surface area contributed by atoms with Gasteiger partial charge in [0, 0.05) is 18.0 Å². The van der Waals surface area contributed by atoms with Gasteiger partial charge in [0.1, 0.15) is 11.5 Å². The van der Waals surface area contributed by atoms with Gasteiger partial charge in [0.05, 0.1) is 6.54 Å². The lowest BCUT2D eigenvalue weighted by Gasteiger charge is -2.07. The highest BCUT2D eigenvalue weighted by atomic mass is 19.1. The van der Waals surface area contributed by atoms with Gasteiger partial charge in [-0.25, -0.2) is 13.9 Å². The molecule has 0 atom stereocenters. The number of benzene rings is 1. The number of aromatic carboxylic acids is 1. The molecule has 0 fully saturated rings. The van der Waals surface area contributed by atoms with E-state index in [1.165, 1.54) is 16.8 Å². The van der Waals surface area contributed by atoms with Crippen LogP contribution < -0.4 is 0 Å². The molecule has 0 unspecified atom stereocenters. The molecule has 3 aromatic rings. The zero-order valence-electron chi connectivity index (χ0n) is 11.3. The number of pyridine rings is 1. The molecular weight excluding hydrogens is 287 g/mol. The molecule has 0 amide bonds. The minimum Gasteiger partial charge on any atom is -0.476 e. The fourth-order valence-electron chi connectivity index (χ4n) is 2.17. The third-order valence-corrected chi connectivity index (χ3v) is 3.11. The Labute approximate surface area is 124 Å². The Morgan fingerprint density at radius 3 is 2.68 bits per heavy atom. The van der Waals surface area contributed by atoms with E-state index in [4.69, 9.17) is 0 Å². The summed E-state index contributed by atoms with van der Waals surface area (Å²) in [6.07, 6.45) is 3.11. The maximum Gasteiger partial charge on any atom is 0.358 e. The van der Waals surface area contributed by atoms with Gasteiger partial charge < -0.3 is 5.11 Å². The number of rotatable bonds is 4. The molecule has 110 valence electrons. The van der Waals surface area contributed by atoms with Crippen molar-refractivity contribution in [2.45, 2.75) is 6.54 Å². The van der Waals surface area contributed by atoms with Crippen molar-refractivity contribution in [3.05, 3.63) is 65.9 Å². The van der Waals surface area contributed by atoms with E-state index < -0.39 is 5.97 Å². The molecule has 7 heteroatoms. The fourth-order valence-corrected chi connectivity index (χ4v) is 2.17. The van der Waals surface area contributed by atoms with Crippen LogP contribution in [0.15, 0.2) is 48.8 Å². The molecule has 0 aliphatic carbocycles. The van der Waals surface area contributed by atoms with E-state index in [0.29, 0.717) is 16.8 Å². The van der Waals surface area contributed by atoms with Gasteiger partial charge in [0.15, 0.2) is 5.69 Å². The average molecular weight is 298 g/mol. The van der Waals surface area contributed by atoms with Crippen molar-refractivity contribution in [3.8, 4) is 11.3 Å². The Balaban J connectivity index is 2.07. The maximum atomic E-state index is 13.3. The molecule has 0 saturated carbocycles. The molecule has 2 heterocycles. The highest BCUT2D eigenvalue weighted by Crippen LogP contribution is 2.22. The van der Waals surface area contributed by atoms with Gasteiger partial charge in [-0.2, -0.15) is 0 Å². The van der Waals surface area contributed by atoms with Crippen molar-refractivity contribution >= 4 is 5.97 Å². The van der Waals surface area contributed by atoms with E-state index in [2.05, 4.69) is 15.3 Å². The Bertz CT molecular complexity index is 817. The number of carboxylic acids is 1. The van der Waals surface area contributed by atoms with Crippen LogP contribution in [0.3, 0.4) is 0 Å². The van der Waals surface area contributed by atoms with E-state index in [1.54, 1.807) is 36.7 Å². The van der Waals surface area contributed by atoms with Crippen molar-refractivity contribution in [1.82, 2.24) is 20.0 Å². The summed E-state index contributed by atoms with van der Waals surface area (Å²) in [4.78, 5) is 15.2. The summed E-state index contributed by atoms with van der Waals surface area (Å²) in [5, 5.41) is 16.9. The highest BCUT2D eigenvalue weighted by molar-refractivity contribution is 5.92. The number of carbonyl (C=O) groups is 1. The summed E-state index contributed by atoms with van der Waals surface area (Å²) in [5.74, 6) is -1.53. The molecule has 0 bridgehead atoms. The first kappa shape index (κ1) is 13.9. The van der Waals surface area contributed by atoms with Crippen LogP contribution in [0, 0.1) is 5.82 Å². The second-order valence-corrected chi connectivity index (χ2v) is 4.62. The van der Waals surface area contributed by atoms with E-state index in [9.17, 15) is 14.3 Å². The van der Waals surface area contributed by atoms with Crippen molar-refractivity contribution in [3.63, 3.8) is 0 Å². The standard InChI is InChI=1S/C15H11FN4O2/c16-12-3-1-2-10(8-12)9-20-14(11-4-6-17-7-5-11)13(15(21)22)18-19-20/h1-8H,9H2,(H,21,22). The molecule has 22 heavy (non-hydrogen) atoms. The number of hydrogen-bond acceptors (Lipinski definition) is 4. The van der Waals surface area contributed by atoms with Crippen LogP contribution in [0.1, 0.15) is 16.1 Å². The lowest BCUT2D eigenvalue weighted by molar-refractivity contribution is 0.0691. The van der Waals surface area contributed by atoms with Crippen LogP contribution in [0.4, 0.5) is 4.39 Å². The SMILES string of the molecule is O=C(O)c1nnn(Cc2cccc(F)c2)c1-c1ccncc1. The largest absolute Gasteiger partial charge is 0.476 e. The van der Waals surface area contributed by atoms with Crippen molar-refractivity contribution in [1.29, 1.82) is 0 Å². The molecule has 1 N–H and O–H groups in total. The molecule has 6 nitrogen and oxygen atoms in total. The first-order chi connectivity index (χ1) is 10.6. The maximum absolute atomic E-state index is 13.3. The van der Waals surface area contributed by atoms with Gasteiger partial charge in [-0.3, -0.25) is 4.98 Å². The fraction of sp³-hybridized carbons (Fsp3) is 0.0667. The summed E-state index contributed by atoms with van der Waals surface area (Å²) < 4.78 is 14.7. The lowest BCUT2D eigenvalue weighted by Crippen LogP contribution is -2.06. The summed E-state index contributed by atoms with van der Waals surface area (Å²) in [5.41, 5.74) is 1.51. The zero-order chi connectivity index (χ0) is 15.5. The average Bonchev–Trinajstić information content (AvgIpc) is 2.92. The summed E-state index contributed by atoms with van der Waals surface area (Å²) in [6.45, 7) is 0.218. The van der Waals surface area contributed by atoms with E-state index in [1.807, 2.05) is 0 Å². The quantitative estimate of drug-likeness (QED) is 0.798. The summed E-state index contributed by atoms with van der Waals surface area (Å²) in [6, 6.07) is 9.39. The molecule has 2 aromatic heterocycles. The molecule has 0 radical (unpaired) electrons. The van der Waals surface area contributed by atoms with Crippen LogP contribution in [0.5, 0.6) is 0 Å². The third kappa shape index (κ3) is 2.69. The van der Waals surface area contributed by atoms with Gasteiger partial charge in [-0.05, 0) is 29.8 Å². The highest BCUT2D eigenvalue weighted by Gasteiger charge is 2.20. The predicted octanol–water partition coefficient (Wildman–Crippen LogP) is 2.23. The molecule has 0 aliphatic heterocycles. The van der Waals surface area contributed by atoms with Gasteiger partial charge in [-0.15, -0.1) is 5.10 Å². The zero-order valence-corrected chi connectivity index (χ0v) is 11.3. The first-order valence-electron chi connectivity index (χ1n) is 6.47. The second-order valence-electron chi connectivity index (χ2n) is 4.62. The Morgan fingerprint density at radius 2 is 2.00 bits per heavy atom. The number of carboxylic acid groups (broad SMARTS) is 1. The Kier molecular flexibility index (Phi) is 3.61. The predicted molar refractivity (Wildman–Crippen MR) is 75.7 cm³/mol. The van der Waals surface area contributed by atoms with Gasteiger partial charge in [0.25, 0.3) is 0 Å². The van der Waals surface area contributed by atoms with Crippen LogP contribution in [-0.2, 0) is 6.54 Å². The lowest BCUT2D eigenvalue weighted by atomic mass is 10.1. The minimum atomic E-state index is -1.17. The minimum absolute atomic E-state index is 0.150. The second kappa shape index (κ2) is 5.72. The normalized spacial score (nSPS) is 10.6. The van der Waals surface area contributed by atoms with Crippen molar-refractivity contribution in [2.75, 3.05) is 0 Å². The Hall–Kier alpha value is -3.09. The van der Waals surface area contributed by atoms with E-state index in [-0.39, 0.29) is 18.1 Å². The van der Waals surface area contributed by atoms with Crippen LogP contribution in [0.2, 0.25) is 0 Å².